The molecule has 0 aromatic heterocycles. The summed E-state index contributed by atoms with van der Waals surface area (Å²) in [6.07, 6.45) is 0. The molecule has 1 aliphatic rings. The van der Waals surface area contributed by atoms with Crippen LogP contribution >= 0.6 is 0 Å². The molecular formula is C16H26N4O4S. The highest BCUT2D eigenvalue weighted by molar-refractivity contribution is 7.86. The van der Waals surface area contributed by atoms with E-state index in [0.29, 0.717) is 39.3 Å². The maximum absolute atomic E-state index is 12.1. The van der Waals surface area contributed by atoms with E-state index in [0.717, 1.165) is 11.3 Å². The second-order valence-corrected chi connectivity index (χ2v) is 8.22. The van der Waals surface area contributed by atoms with Crippen molar-refractivity contribution >= 4 is 16.2 Å². The molecule has 1 aromatic rings. The van der Waals surface area contributed by atoms with Crippen molar-refractivity contribution < 1.29 is 17.9 Å². The molecule has 2 amide bonds. The van der Waals surface area contributed by atoms with Gasteiger partial charge in [-0.25, -0.2) is 4.79 Å². The molecule has 1 N–H and O–H groups in total. The van der Waals surface area contributed by atoms with Crippen LogP contribution in [0.2, 0.25) is 0 Å². The summed E-state index contributed by atoms with van der Waals surface area (Å²) < 4.78 is 32.3. The summed E-state index contributed by atoms with van der Waals surface area (Å²) in [6, 6.07) is 7.52. The lowest BCUT2D eigenvalue weighted by molar-refractivity contribution is 0.168. The van der Waals surface area contributed by atoms with Gasteiger partial charge in [0.05, 0.1) is 6.54 Å². The smallest absolute Gasteiger partial charge is 0.317 e. The second kappa shape index (κ2) is 8.50. The zero-order valence-corrected chi connectivity index (χ0v) is 15.8. The number of carbonyl (C=O) groups is 1. The lowest BCUT2D eigenvalue weighted by Crippen LogP contribution is -2.55. The minimum absolute atomic E-state index is 0.199. The first-order valence-electron chi connectivity index (χ1n) is 8.20. The Kier molecular flexibility index (Phi) is 6.63. The topological polar surface area (TPSA) is 82.2 Å². The summed E-state index contributed by atoms with van der Waals surface area (Å²) in [5.74, 6) is 0.775. The lowest BCUT2D eigenvalue weighted by atomic mass is 10.2. The number of piperazine rings is 1. The molecule has 1 fully saturated rings. The van der Waals surface area contributed by atoms with Crippen LogP contribution in [0.15, 0.2) is 24.3 Å². The van der Waals surface area contributed by atoms with Crippen molar-refractivity contribution in [3.05, 3.63) is 29.8 Å². The third-order valence-corrected chi connectivity index (χ3v) is 5.89. The van der Waals surface area contributed by atoms with Gasteiger partial charge in [0.2, 0.25) is 0 Å². The van der Waals surface area contributed by atoms with Gasteiger partial charge < -0.3 is 15.0 Å². The van der Waals surface area contributed by atoms with E-state index < -0.39 is 10.2 Å². The number of benzene rings is 1. The molecule has 25 heavy (non-hydrogen) atoms. The largest absolute Gasteiger partial charge is 0.492 e. The SMILES string of the molecule is Cc1cccc(OCCNC(=O)N2CCN(S(=O)(=O)N(C)C)CC2)c1. The fourth-order valence-electron chi connectivity index (χ4n) is 2.50. The van der Waals surface area contributed by atoms with Gasteiger partial charge in [-0.05, 0) is 24.6 Å². The quantitative estimate of drug-likeness (QED) is 0.740. The Bertz CT molecular complexity index is 685. The molecule has 9 heteroatoms. The van der Waals surface area contributed by atoms with Crippen LogP contribution in [0, 0.1) is 6.92 Å². The molecule has 0 unspecified atom stereocenters. The maximum atomic E-state index is 12.1. The van der Waals surface area contributed by atoms with Crippen molar-refractivity contribution in [2.45, 2.75) is 6.92 Å². The molecular weight excluding hydrogens is 344 g/mol. The number of hydrogen-bond acceptors (Lipinski definition) is 4. The van der Waals surface area contributed by atoms with E-state index in [1.165, 1.54) is 22.7 Å². The third-order valence-electron chi connectivity index (χ3n) is 3.95. The summed E-state index contributed by atoms with van der Waals surface area (Å²) in [5, 5.41) is 2.80. The van der Waals surface area contributed by atoms with Gasteiger partial charge in [-0.2, -0.15) is 17.0 Å². The van der Waals surface area contributed by atoms with Gasteiger partial charge in [0.15, 0.2) is 0 Å². The summed E-state index contributed by atoms with van der Waals surface area (Å²) in [4.78, 5) is 13.8. The molecule has 140 valence electrons. The van der Waals surface area contributed by atoms with Crippen molar-refractivity contribution in [3.8, 4) is 5.75 Å². The monoisotopic (exact) mass is 370 g/mol. The van der Waals surface area contributed by atoms with E-state index in [2.05, 4.69) is 5.32 Å². The summed E-state index contributed by atoms with van der Waals surface area (Å²) in [6.45, 7) is 4.11. The molecule has 0 bridgehead atoms. The van der Waals surface area contributed by atoms with Gasteiger partial charge in [-0.3, -0.25) is 0 Å². The van der Waals surface area contributed by atoms with Crippen molar-refractivity contribution in [2.24, 2.45) is 0 Å². The molecule has 8 nitrogen and oxygen atoms in total. The normalized spacial score (nSPS) is 16.1. The van der Waals surface area contributed by atoms with Crippen LogP contribution < -0.4 is 10.1 Å². The first-order chi connectivity index (χ1) is 11.8. The summed E-state index contributed by atoms with van der Waals surface area (Å²) >= 11 is 0. The number of urea groups is 1. The first kappa shape index (κ1) is 19.5. The minimum Gasteiger partial charge on any atom is -0.492 e. The molecule has 0 spiro atoms. The van der Waals surface area contributed by atoms with E-state index in [9.17, 15) is 13.2 Å². The predicted molar refractivity (Wildman–Crippen MR) is 95.8 cm³/mol. The number of ether oxygens (including phenoxy) is 1. The van der Waals surface area contributed by atoms with E-state index >= 15 is 0 Å². The molecule has 0 atom stereocenters. The number of nitrogens with one attached hydrogen (secondary N) is 1. The highest BCUT2D eigenvalue weighted by Gasteiger charge is 2.29. The minimum atomic E-state index is -3.42. The zero-order chi connectivity index (χ0) is 18.4. The van der Waals surface area contributed by atoms with Crippen LogP contribution in [0.1, 0.15) is 5.56 Å². The van der Waals surface area contributed by atoms with Crippen LogP contribution in [0.3, 0.4) is 0 Å². The Morgan fingerprint density at radius 3 is 2.52 bits per heavy atom. The Balaban J connectivity index is 1.70. The van der Waals surface area contributed by atoms with E-state index in [4.69, 9.17) is 4.74 Å². The first-order valence-corrected chi connectivity index (χ1v) is 9.60. The van der Waals surface area contributed by atoms with Crippen molar-refractivity contribution in [2.75, 3.05) is 53.4 Å². The van der Waals surface area contributed by atoms with E-state index in [1.807, 2.05) is 31.2 Å². The Labute approximate surface area is 149 Å². The standard InChI is InChI=1S/C16H26N4O4S/c1-14-5-4-6-15(13-14)24-12-7-17-16(21)19-8-10-20(11-9-19)25(22,23)18(2)3/h4-6,13H,7-12H2,1-3H3,(H,17,21). The van der Waals surface area contributed by atoms with Crippen LogP contribution in [0.25, 0.3) is 0 Å². The van der Waals surface area contributed by atoms with Gasteiger partial charge >= 0.3 is 6.03 Å². The number of hydrogen-bond donors (Lipinski definition) is 1. The fraction of sp³-hybridized carbons (Fsp3) is 0.562. The van der Waals surface area contributed by atoms with Crippen molar-refractivity contribution in [3.63, 3.8) is 0 Å². The van der Waals surface area contributed by atoms with Gasteiger partial charge in [-0.15, -0.1) is 0 Å². The summed E-state index contributed by atoms with van der Waals surface area (Å²) in [5.41, 5.74) is 1.12. The van der Waals surface area contributed by atoms with Crippen LogP contribution in [0.5, 0.6) is 5.75 Å². The van der Waals surface area contributed by atoms with E-state index in [-0.39, 0.29) is 6.03 Å². The highest BCUT2D eigenvalue weighted by Crippen LogP contribution is 2.12. The molecule has 0 saturated carbocycles. The summed E-state index contributed by atoms with van der Waals surface area (Å²) in [7, 11) is -0.411. The van der Waals surface area contributed by atoms with Gasteiger partial charge in [0.25, 0.3) is 10.2 Å². The van der Waals surface area contributed by atoms with Crippen LogP contribution in [-0.2, 0) is 10.2 Å². The molecule has 0 aliphatic carbocycles. The molecule has 1 aromatic carbocycles. The Hall–Kier alpha value is -1.84. The van der Waals surface area contributed by atoms with Crippen molar-refractivity contribution in [1.82, 2.24) is 18.8 Å². The van der Waals surface area contributed by atoms with Crippen LogP contribution in [-0.4, -0.2) is 81.4 Å². The highest BCUT2D eigenvalue weighted by atomic mass is 32.2. The number of nitrogens with zero attached hydrogens (tertiary/aromatic N) is 3. The third kappa shape index (κ3) is 5.32. The maximum Gasteiger partial charge on any atom is 0.317 e. The molecule has 1 aliphatic heterocycles. The van der Waals surface area contributed by atoms with Crippen LogP contribution in [0.4, 0.5) is 4.79 Å². The fourth-order valence-corrected chi connectivity index (χ4v) is 3.58. The van der Waals surface area contributed by atoms with Crippen molar-refractivity contribution in [1.29, 1.82) is 0 Å². The predicted octanol–water partition coefficient (Wildman–Crippen LogP) is 0.507. The zero-order valence-electron chi connectivity index (χ0n) is 14.9. The average Bonchev–Trinajstić information content (AvgIpc) is 2.58. The number of aryl methyl sites for hydroxylation is 1. The molecule has 0 radical (unpaired) electrons. The average molecular weight is 370 g/mol. The number of rotatable bonds is 6. The van der Waals surface area contributed by atoms with E-state index in [1.54, 1.807) is 4.90 Å². The molecule has 1 heterocycles. The lowest BCUT2D eigenvalue weighted by Gasteiger charge is -2.35. The molecule has 2 rings (SSSR count). The van der Waals surface area contributed by atoms with Gasteiger partial charge in [-0.1, -0.05) is 12.1 Å². The number of carbonyl (C=O) groups excluding carboxylic acids is 1. The number of amides is 2. The Morgan fingerprint density at radius 1 is 1.24 bits per heavy atom. The van der Waals surface area contributed by atoms with Gasteiger partial charge in [0, 0.05) is 40.3 Å². The van der Waals surface area contributed by atoms with Gasteiger partial charge in [0.1, 0.15) is 12.4 Å². The molecule has 1 saturated heterocycles. The second-order valence-electron chi connectivity index (χ2n) is 6.07. The Morgan fingerprint density at radius 2 is 1.92 bits per heavy atom.